The van der Waals surface area contributed by atoms with Gasteiger partial charge in [-0.25, -0.2) is 14.8 Å². The average molecular weight is 423 g/mol. The lowest BCUT2D eigenvalue weighted by Crippen LogP contribution is -2.16. The third kappa shape index (κ3) is 3.88. The second-order valence-electron chi connectivity index (χ2n) is 5.28. The van der Waals surface area contributed by atoms with E-state index in [0.29, 0.717) is 22.8 Å². The van der Waals surface area contributed by atoms with E-state index in [1.54, 1.807) is 26.1 Å². The Labute approximate surface area is 156 Å². The zero-order valence-corrected chi connectivity index (χ0v) is 16.1. The molecule has 1 atom stereocenters. The van der Waals surface area contributed by atoms with Crippen molar-refractivity contribution in [2.75, 3.05) is 5.32 Å². The highest BCUT2D eigenvalue weighted by atomic mass is 79.9. The molecule has 25 heavy (non-hydrogen) atoms. The molecule has 3 heterocycles. The van der Waals surface area contributed by atoms with Crippen LogP contribution in [0.1, 0.15) is 29.4 Å². The molecule has 0 aromatic carbocycles. The van der Waals surface area contributed by atoms with Gasteiger partial charge in [0.05, 0.1) is 5.69 Å². The number of hydrogen-bond acceptors (Lipinski definition) is 7. The van der Waals surface area contributed by atoms with E-state index in [4.69, 9.17) is 9.26 Å². The number of thiazole rings is 1. The normalized spacial score (nSPS) is 12.0. The molecule has 3 aromatic rings. The fraction of sp³-hybridized carbons (Fsp3) is 0.250. The maximum atomic E-state index is 12.2. The minimum absolute atomic E-state index is 0.381. The van der Waals surface area contributed by atoms with Crippen LogP contribution in [0.4, 0.5) is 10.5 Å². The summed E-state index contributed by atoms with van der Waals surface area (Å²) in [6.07, 6.45) is 0.613. The fourth-order valence-electron chi connectivity index (χ4n) is 2.14. The van der Waals surface area contributed by atoms with Crippen LogP contribution in [0.2, 0.25) is 0 Å². The number of pyridine rings is 1. The van der Waals surface area contributed by atoms with E-state index >= 15 is 0 Å². The molecule has 9 heteroatoms. The van der Waals surface area contributed by atoms with Crippen LogP contribution in [0.25, 0.3) is 11.5 Å². The lowest BCUT2D eigenvalue weighted by molar-refractivity contribution is 0.121. The van der Waals surface area contributed by atoms with Crippen LogP contribution in [0.5, 0.6) is 0 Å². The summed E-state index contributed by atoms with van der Waals surface area (Å²) >= 11 is 4.83. The van der Waals surface area contributed by atoms with Crippen LogP contribution < -0.4 is 5.32 Å². The van der Waals surface area contributed by atoms with Gasteiger partial charge in [-0.2, -0.15) is 0 Å². The van der Waals surface area contributed by atoms with Crippen LogP contribution >= 0.6 is 27.3 Å². The van der Waals surface area contributed by atoms with Crippen molar-refractivity contribution in [1.29, 1.82) is 0 Å². The number of aromatic nitrogens is 3. The van der Waals surface area contributed by atoms with Crippen LogP contribution in [-0.4, -0.2) is 21.2 Å². The highest BCUT2D eigenvalue weighted by molar-refractivity contribution is 9.10. The molecule has 0 bridgehead atoms. The van der Waals surface area contributed by atoms with Gasteiger partial charge in [0, 0.05) is 16.0 Å². The van der Waals surface area contributed by atoms with E-state index < -0.39 is 12.2 Å². The molecule has 0 aliphatic carbocycles. The molecule has 0 saturated carbocycles. The van der Waals surface area contributed by atoms with Crippen molar-refractivity contribution >= 4 is 39.0 Å². The summed E-state index contributed by atoms with van der Waals surface area (Å²) in [7, 11) is 0. The number of aryl methyl sites for hydroxylation is 2. The summed E-state index contributed by atoms with van der Waals surface area (Å²) in [5.41, 5.74) is 2.35. The molecule has 3 aromatic heterocycles. The number of nitrogens with zero attached hydrogens (tertiary/aromatic N) is 3. The molecule has 0 unspecified atom stereocenters. The molecule has 1 N–H and O–H groups in total. The largest absolute Gasteiger partial charge is 0.439 e. The lowest BCUT2D eigenvalue weighted by Gasteiger charge is -2.11. The van der Waals surface area contributed by atoms with Crippen LogP contribution in [0.3, 0.4) is 0 Å². The molecule has 0 aliphatic rings. The van der Waals surface area contributed by atoms with Crippen molar-refractivity contribution in [2.45, 2.75) is 26.9 Å². The molecule has 0 saturated heterocycles. The summed E-state index contributed by atoms with van der Waals surface area (Å²) in [4.78, 5) is 20.8. The van der Waals surface area contributed by atoms with Gasteiger partial charge in [-0.15, -0.1) is 11.3 Å². The van der Waals surface area contributed by atoms with E-state index in [1.165, 1.54) is 11.3 Å². The molecular weight excluding hydrogens is 408 g/mol. The number of carbonyl (C=O) groups excluding carboxylic acids is 1. The molecule has 130 valence electrons. The summed E-state index contributed by atoms with van der Waals surface area (Å²) in [6.45, 7) is 5.37. The maximum absolute atomic E-state index is 12.2. The second-order valence-corrected chi connectivity index (χ2v) is 7.06. The first kappa shape index (κ1) is 17.6. The number of halogens is 1. The standard InChI is InChI=1S/C16H15BrN4O3S/c1-8-11(17)4-5-12(19-8)14-13(9(2)21-24-14)20-16(22)23-10(3)15-18-6-7-25-15/h4-7,10H,1-3H3,(H,20,22)/t10-/m1/s1. The van der Waals surface area contributed by atoms with Gasteiger partial charge in [0.2, 0.25) is 5.76 Å². The van der Waals surface area contributed by atoms with Crippen molar-refractivity contribution in [1.82, 2.24) is 15.1 Å². The van der Waals surface area contributed by atoms with E-state index in [-0.39, 0.29) is 0 Å². The lowest BCUT2D eigenvalue weighted by atomic mass is 10.2. The molecule has 0 fully saturated rings. The van der Waals surface area contributed by atoms with Gasteiger partial charge in [-0.3, -0.25) is 5.32 Å². The number of hydrogen-bond donors (Lipinski definition) is 1. The number of amides is 1. The fourth-order valence-corrected chi connectivity index (χ4v) is 2.98. The summed E-state index contributed by atoms with van der Waals surface area (Å²) < 4.78 is 11.6. The first-order chi connectivity index (χ1) is 12.0. The highest BCUT2D eigenvalue weighted by Crippen LogP contribution is 2.31. The predicted octanol–water partition coefficient (Wildman–Crippen LogP) is 4.88. The van der Waals surface area contributed by atoms with Crippen molar-refractivity contribution in [3.05, 3.63) is 44.6 Å². The van der Waals surface area contributed by atoms with Crippen molar-refractivity contribution < 1.29 is 14.1 Å². The average Bonchev–Trinajstić information content (AvgIpc) is 3.21. The molecule has 3 rings (SSSR count). The van der Waals surface area contributed by atoms with Gasteiger partial charge in [0.1, 0.15) is 22.1 Å². The first-order valence-electron chi connectivity index (χ1n) is 7.42. The maximum Gasteiger partial charge on any atom is 0.412 e. The van der Waals surface area contributed by atoms with Crippen LogP contribution in [0.15, 0.2) is 32.7 Å². The van der Waals surface area contributed by atoms with Gasteiger partial charge in [0.25, 0.3) is 0 Å². The van der Waals surface area contributed by atoms with Crippen molar-refractivity contribution in [3.8, 4) is 11.5 Å². The molecule has 0 aliphatic heterocycles. The second kappa shape index (κ2) is 7.32. The Morgan fingerprint density at radius 3 is 2.84 bits per heavy atom. The Morgan fingerprint density at radius 1 is 1.36 bits per heavy atom. The van der Waals surface area contributed by atoms with Crippen LogP contribution in [0, 0.1) is 13.8 Å². The summed E-state index contributed by atoms with van der Waals surface area (Å²) in [5.74, 6) is 0.381. The highest BCUT2D eigenvalue weighted by Gasteiger charge is 2.21. The molecular formula is C16H15BrN4O3S. The van der Waals surface area contributed by atoms with Gasteiger partial charge < -0.3 is 9.26 Å². The van der Waals surface area contributed by atoms with E-state index in [2.05, 4.69) is 36.4 Å². The number of anilines is 1. The Kier molecular flexibility index (Phi) is 5.14. The van der Waals surface area contributed by atoms with E-state index in [1.807, 2.05) is 18.4 Å². The Balaban J connectivity index is 1.79. The molecule has 1 amide bonds. The van der Waals surface area contributed by atoms with E-state index in [9.17, 15) is 4.79 Å². The minimum Gasteiger partial charge on any atom is -0.439 e. The number of nitrogens with one attached hydrogen (secondary N) is 1. The van der Waals surface area contributed by atoms with Gasteiger partial charge in [-0.1, -0.05) is 5.16 Å². The van der Waals surface area contributed by atoms with Gasteiger partial charge in [0.15, 0.2) is 6.10 Å². The molecule has 0 spiro atoms. The molecule has 0 radical (unpaired) electrons. The summed E-state index contributed by atoms with van der Waals surface area (Å²) in [6, 6.07) is 3.65. The quantitative estimate of drug-likeness (QED) is 0.643. The van der Waals surface area contributed by atoms with Gasteiger partial charge >= 0.3 is 6.09 Å². The number of rotatable bonds is 4. The topological polar surface area (TPSA) is 90.1 Å². The minimum atomic E-state index is -0.607. The third-order valence-corrected chi connectivity index (χ3v) is 5.20. The number of carbonyl (C=O) groups is 1. The zero-order valence-electron chi connectivity index (χ0n) is 13.7. The SMILES string of the molecule is Cc1nc(-c2onc(C)c2NC(=O)O[C@H](C)c2nccs2)ccc1Br. The predicted molar refractivity (Wildman–Crippen MR) is 97.5 cm³/mol. The van der Waals surface area contributed by atoms with Crippen molar-refractivity contribution in [3.63, 3.8) is 0 Å². The zero-order chi connectivity index (χ0) is 18.0. The van der Waals surface area contributed by atoms with E-state index in [0.717, 1.165) is 15.2 Å². The van der Waals surface area contributed by atoms with Crippen LogP contribution in [-0.2, 0) is 4.74 Å². The van der Waals surface area contributed by atoms with Crippen molar-refractivity contribution in [2.24, 2.45) is 0 Å². The monoisotopic (exact) mass is 422 g/mol. The third-order valence-electron chi connectivity index (χ3n) is 3.43. The Morgan fingerprint density at radius 2 is 2.16 bits per heavy atom. The smallest absolute Gasteiger partial charge is 0.412 e. The Hall–Kier alpha value is -2.26. The summed E-state index contributed by atoms with van der Waals surface area (Å²) in [5, 5.41) is 9.17. The first-order valence-corrected chi connectivity index (χ1v) is 9.09. The molecule has 7 nitrogen and oxygen atoms in total. The Bertz CT molecular complexity index is 895. The number of ether oxygens (including phenoxy) is 1. The van der Waals surface area contributed by atoms with Gasteiger partial charge in [-0.05, 0) is 48.8 Å².